The minimum Gasteiger partial charge on any atom is -0.395 e. The van der Waals surface area contributed by atoms with Crippen molar-refractivity contribution in [2.45, 2.75) is 20.3 Å². The molecule has 1 saturated carbocycles. The summed E-state index contributed by atoms with van der Waals surface area (Å²) < 4.78 is 24.7. The molecular weight excluding hydrogens is 190 g/mol. The second-order valence-corrected chi connectivity index (χ2v) is 6.21. The second kappa shape index (κ2) is 3.55. The summed E-state index contributed by atoms with van der Waals surface area (Å²) in [6.07, 6.45) is 1.08. The van der Waals surface area contributed by atoms with E-state index in [0.717, 1.165) is 6.42 Å². The molecule has 5 heteroatoms. The quantitative estimate of drug-likeness (QED) is 0.664. The van der Waals surface area contributed by atoms with E-state index in [1.807, 2.05) is 0 Å². The van der Waals surface area contributed by atoms with Gasteiger partial charge in [-0.15, -0.1) is 0 Å². The van der Waals surface area contributed by atoms with E-state index in [4.69, 9.17) is 5.11 Å². The van der Waals surface area contributed by atoms with Gasteiger partial charge in [-0.25, -0.2) is 13.1 Å². The molecule has 1 unspecified atom stereocenters. The van der Waals surface area contributed by atoms with Gasteiger partial charge in [-0.05, 0) is 17.8 Å². The Hall–Kier alpha value is -0.130. The third-order valence-electron chi connectivity index (χ3n) is 2.63. The normalized spacial score (nSPS) is 25.9. The maximum absolute atomic E-state index is 11.1. The molecule has 2 N–H and O–H groups in total. The number of aliphatic hydroxyl groups excluding tert-OH is 1. The van der Waals surface area contributed by atoms with Crippen LogP contribution in [0.25, 0.3) is 0 Å². The summed E-state index contributed by atoms with van der Waals surface area (Å²) in [4.78, 5) is 0. The van der Waals surface area contributed by atoms with Crippen LogP contribution in [0.3, 0.4) is 0 Å². The molecule has 1 atom stereocenters. The van der Waals surface area contributed by atoms with Crippen molar-refractivity contribution in [3.8, 4) is 0 Å². The predicted molar refractivity (Wildman–Crippen MR) is 50.8 cm³/mol. The molecule has 1 rings (SSSR count). The van der Waals surface area contributed by atoms with E-state index in [0.29, 0.717) is 17.9 Å². The molecule has 78 valence electrons. The summed E-state index contributed by atoms with van der Waals surface area (Å²) in [5, 5.41) is 8.47. The lowest BCUT2D eigenvalue weighted by molar-refractivity contribution is 0.319. The van der Waals surface area contributed by atoms with E-state index < -0.39 is 10.0 Å². The molecule has 4 nitrogen and oxygen atoms in total. The second-order valence-electron chi connectivity index (χ2n) is 4.28. The third kappa shape index (κ3) is 3.25. The smallest absolute Gasteiger partial charge is 0.213 e. The first-order chi connectivity index (χ1) is 5.87. The van der Waals surface area contributed by atoms with Gasteiger partial charge in [0.05, 0.1) is 12.4 Å². The van der Waals surface area contributed by atoms with Crippen LogP contribution >= 0.6 is 0 Å². The Labute approximate surface area is 79.4 Å². The van der Waals surface area contributed by atoms with E-state index in [9.17, 15) is 8.42 Å². The Morgan fingerprint density at radius 1 is 1.54 bits per heavy atom. The number of hydrogen-bond acceptors (Lipinski definition) is 3. The highest BCUT2D eigenvalue weighted by Gasteiger charge is 2.45. The van der Waals surface area contributed by atoms with E-state index in [-0.39, 0.29) is 12.4 Å². The molecule has 0 aromatic rings. The largest absolute Gasteiger partial charge is 0.395 e. The average molecular weight is 207 g/mol. The maximum Gasteiger partial charge on any atom is 0.213 e. The van der Waals surface area contributed by atoms with Crippen LogP contribution in [-0.4, -0.2) is 32.4 Å². The highest BCUT2D eigenvalue weighted by molar-refractivity contribution is 7.89. The van der Waals surface area contributed by atoms with Gasteiger partial charge in [-0.2, -0.15) is 0 Å². The van der Waals surface area contributed by atoms with Crippen LogP contribution < -0.4 is 4.72 Å². The zero-order valence-corrected chi connectivity index (χ0v) is 8.89. The first kappa shape index (κ1) is 10.9. The van der Waals surface area contributed by atoms with Gasteiger partial charge in [-0.3, -0.25) is 0 Å². The van der Waals surface area contributed by atoms with Gasteiger partial charge in [0.2, 0.25) is 10.0 Å². The Morgan fingerprint density at radius 3 is 2.46 bits per heavy atom. The Bertz CT molecular complexity index is 271. The van der Waals surface area contributed by atoms with Gasteiger partial charge in [0, 0.05) is 6.54 Å². The summed E-state index contributed by atoms with van der Waals surface area (Å²) >= 11 is 0. The highest BCUT2D eigenvalue weighted by atomic mass is 32.2. The van der Waals surface area contributed by atoms with Gasteiger partial charge in [0.25, 0.3) is 0 Å². The van der Waals surface area contributed by atoms with Crippen LogP contribution in [-0.2, 0) is 10.0 Å². The maximum atomic E-state index is 11.1. The van der Waals surface area contributed by atoms with Crippen molar-refractivity contribution in [3.05, 3.63) is 0 Å². The number of sulfonamides is 1. The number of nitrogens with one attached hydrogen (secondary N) is 1. The minimum absolute atomic E-state index is 0.194. The van der Waals surface area contributed by atoms with Crippen LogP contribution in [0, 0.1) is 11.3 Å². The van der Waals surface area contributed by atoms with Gasteiger partial charge < -0.3 is 5.11 Å². The van der Waals surface area contributed by atoms with Crippen molar-refractivity contribution in [1.29, 1.82) is 0 Å². The van der Waals surface area contributed by atoms with E-state index in [1.165, 1.54) is 0 Å². The van der Waals surface area contributed by atoms with Crippen molar-refractivity contribution in [3.63, 3.8) is 0 Å². The molecule has 0 heterocycles. The lowest BCUT2D eigenvalue weighted by Gasteiger charge is -2.05. The van der Waals surface area contributed by atoms with E-state index in [1.54, 1.807) is 0 Å². The molecule has 1 aliphatic carbocycles. The molecule has 0 spiro atoms. The van der Waals surface area contributed by atoms with Crippen molar-refractivity contribution in [2.75, 3.05) is 18.9 Å². The van der Waals surface area contributed by atoms with Crippen LogP contribution in [0.15, 0.2) is 0 Å². The third-order valence-corrected chi connectivity index (χ3v) is 3.95. The molecule has 0 aromatic heterocycles. The zero-order valence-electron chi connectivity index (χ0n) is 8.08. The summed E-state index contributed by atoms with van der Waals surface area (Å²) in [5.41, 5.74) is 0.293. The number of aliphatic hydroxyl groups is 1. The van der Waals surface area contributed by atoms with Gasteiger partial charge in [0.1, 0.15) is 0 Å². The Kier molecular flexibility index (Phi) is 2.99. The van der Waals surface area contributed by atoms with Crippen LogP contribution in [0.2, 0.25) is 0 Å². The Balaban J connectivity index is 2.28. The Morgan fingerprint density at radius 2 is 2.08 bits per heavy atom. The topological polar surface area (TPSA) is 66.4 Å². The van der Waals surface area contributed by atoms with Crippen LogP contribution in [0.5, 0.6) is 0 Å². The molecular formula is C8H17NO3S. The molecule has 13 heavy (non-hydrogen) atoms. The summed E-state index contributed by atoms with van der Waals surface area (Å²) in [5.74, 6) is 0.265. The van der Waals surface area contributed by atoms with Gasteiger partial charge >= 0.3 is 0 Å². The molecule has 1 aliphatic rings. The fourth-order valence-electron chi connectivity index (χ4n) is 1.34. The molecule has 0 radical (unpaired) electrons. The first-order valence-corrected chi connectivity index (χ1v) is 6.11. The monoisotopic (exact) mass is 207 g/mol. The zero-order chi connectivity index (χ0) is 10.1. The average Bonchev–Trinajstić information content (AvgIpc) is 2.55. The summed E-state index contributed by atoms with van der Waals surface area (Å²) in [6, 6.07) is 0. The van der Waals surface area contributed by atoms with E-state index >= 15 is 0 Å². The lowest BCUT2D eigenvalue weighted by atomic mass is 10.1. The standard InChI is InChI=1S/C8H17NO3S/c1-8(2)5-7(8)6-9-13(11,12)4-3-10/h7,9-10H,3-6H2,1-2H3. The summed E-state index contributed by atoms with van der Waals surface area (Å²) in [7, 11) is -3.24. The van der Waals surface area contributed by atoms with Crippen LogP contribution in [0.4, 0.5) is 0 Å². The van der Waals surface area contributed by atoms with Crippen molar-refractivity contribution in [2.24, 2.45) is 11.3 Å². The van der Waals surface area contributed by atoms with Crippen molar-refractivity contribution < 1.29 is 13.5 Å². The summed E-state index contributed by atoms with van der Waals surface area (Å²) in [6.45, 7) is 4.44. The number of hydrogen-bond donors (Lipinski definition) is 2. The molecule has 0 amide bonds. The highest BCUT2D eigenvalue weighted by Crippen LogP contribution is 2.51. The van der Waals surface area contributed by atoms with Crippen LogP contribution in [0.1, 0.15) is 20.3 Å². The molecule has 0 bridgehead atoms. The molecule has 0 aromatic carbocycles. The SMILES string of the molecule is CC1(C)CC1CNS(=O)(=O)CCO. The minimum atomic E-state index is -3.24. The first-order valence-electron chi connectivity index (χ1n) is 4.45. The lowest BCUT2D eigenvalue weighted by Crippen LogP contribution is -2.30. The van der Waals surface area contributed by atoms with Gasteiger partial charge in [0.15, 0.2) is 0 Å². The van der Waals surface area contributed by atoms with Crippen molar-refractivity contribution in [1.82, 2.24) is 4.72 Å². The fraction of sp³-hybridized carbons (Fsp3) is 1.00. The van der Waals surface area contributed by atoms with E-state index in [2.05, 4.69) is 18.6 Å². The molecule has 1 fully saturated rings. The van der Waals surface area contributed by atoms with Crippen molar-refractivity contribution >= 4 is 10.0 Å². The number of rotatable bonds is 5. The van der Waals surface area contributed by atoms with Gasteiger partial charge in [-0.1, -0.05) is 13.8 Å². The fourth-order valence-corrected chi connectivity index (χ4v) is 2.18. The predicted octanol–water partition coefficient (Wildman–Crippen LogP) is -0.0558. The molecule has 0 aliphatic heterocycles. The molecule has 0 saturated heterocycles.